The summed E-state index contributed by atoms with van der Waals surface area (Å²) in [6, 6.07) is 9.90. The lowest BCUT2D eigenvalue weighted by molar-refractivity contribution is 0.112. The molecule has 86 valence electrons. The van der Waals surface area contributed by atoms with Gasteiger partial charge in [-0.05, 0) is 30.7 Å². The van der Waals surface area contributed by atoms with Crippen molar-refractivity contribution in [1.29, 1.82) is 0 Å². The number of aldehydes is 1. The molecule has 0 atom stereocenters. The molecule has 2 N–H and O–H groups in total. The van der Waals surface area contributed by atoms with Gasteiger partial charge in [0.15, 0.2) is 6.29 Å². The molecular formula is C14H12O3. The van der Waals surface area contributed by atoms with Gasteiger partial charge < -0.3 is 10.2 Å². The van der Waals surface area contributed by atoms with Crippen LogP contribution in [0.2, 0.25) is 0 Å². The minimum absolute atomic E-state index is 0.0848. The normalized spacial score (nSPS) is 10.2. The number of aryl methyl sites for hydroxylation is 1. The molecule has 2 aromatic carbocycles. The quantitative estimate of drug-likeness (QED) is 0.777. The smallest absolute Gasteiger partial charge is 0.154 e. The Morgan fingerprint density at radius 1 is 1.00 bits per heavy atom. The van der Waals surface area contributed by atoms with Crippen LogP contribution in [0.4, 0.5) is 0 Å². The van der Waals surface area contributed by atoms with Gasteiger partial charge >= 0.3 is 0 Å². The number of phenols is 2. The summed E-state index contributed by atoms with van der Waals surface area (Å²) < 4.78 is 0. The van der Waals surface area contributed by atoms with Crippen molar-refractivity contribution < 1.29 is 15.0 Å². The van der Waals surface area contributed by atoms with Gasteiger partial charge in [0, 0.05) is 5.56 Å². The Hall–Kier alpha value is -2.29. The van der Waals surface area contributed by atoms with Gasteiger partial charge in [-0.25, -0.2) is 0 Å². The minimum Gasteiger partial charge on any atom is -0.507 e. The van der Waals surface area contributed by atoms with E-state index in [9.17, 15) is 15.0 Å². The van der Waals surface area contributed by atoms with Gasteiger partial charge in [-0.3, -0.25) is 4.79 Å². The Morgan fingerprint density at radius 3 is 2.47 bits per heavy atom. The van der Waals surface area contributed by atoms with Crippen molar-refractivity contribution in [2.75, 3.05) is 0 Å². The van der Waals surface area contributed by atoms with Crippen molar-refractivity contribution in [3.63, 3.8) is 0 Å². The van der Waals surface area contributed by atoms with Crippen molar-refractivity contribution in [2.45, 2.75) is 6.92 Å². The zero-order chi connectivity index (χ0) is 12.4. The Kier molecular flexibility index (Phi) is 2.83. The van der Waals surface area contributed by atoms with Crippen molar-refractivity contribution in [3.05, 3.63) is 47.5 Å². The average molecular weight is 228 g/mol. The van der Waals surface area contributed by atoms with E-state index >= 15 is 0 Å². The zero-order valence-corrected chi connectivity index (χ0v) is 9.34. The second kappa shape index (κ2) is 4.29. The molecule has 2 aromatic rings. The fraction of sp³-hybridized carbons (Fsp3) is 0.0714. The highest BCUT2D eigenvalue weighted by Crippen LogP contribution is 2.34. The highest BCUT2D eigenvalue weighted by Gasteiger charge is 2.12. The monoisotopic (exact) mass is 228 g/mol. The topological polar surface area (TPSA) is 57.5 Å². The molecule has 0 saturated heterocycles. The Balaban J connectivity index is 2.72. The number of carbonyl (C=O) groups excluding carboxylic acids is 1. The molecule has 3 heteroatoms. The van der Waals surface area contributed by atoms with Gasteiger partial charge in [-0.2, -0.15) is 0 Å². The molecule has 0 spiro atoms. The molecule has 0 aliphatic heterocycles. The van der Waals surface area contributed by atoms with Crippen molar-refractivity contribution in [1.82, 2.24) is 0 Å². The predicted octanol–water partition coefficient (Wildman–Crippen LogP) is 2.89. The number of benzene rings is 2. The Labute approximate surface area is 99.0 Å². The molecular weight excluding hydrogens is 216 g/mol. The first kappa shape index (κ1) is 11.2. The number of aromatic hydroxyl groups is 2. The molecule has 2 rings (SSSR count). The molecule has 0 amide bonds. The summed E-state index contributed by atoms with van der Waals surface area (Å²) >= 11 is 0. The maximum atomic E-state index is 11.0. The fourth-order valence-corrected chi connectivity index (χ4v) is 1.78. The van der Waals surface area contributed by atoms with Crippen LogP contribution < -0.4 is 0 Å². The van der Waals surface area contributed by atoms with E-state index in [2.05, 4.69) is 0 Å². The SMILES string of the molecule is Cc1ccc(O)c(-c2cccc(O)c2C=O)c1. The third kappa shape index (κ3) is 1.99. The number of carbonyl (C=O) groups is 1. The largest absolute Gasteiger partial charge is 0.507 e. The molecule has 0 saturated carbocycles. The van der Waals surface area contributed by atoms with E-state index in [1.807, 2.05) is 6.92 Å². The van der Waals surface area contributed by atoms with E-state index in [0.717, 1.165) is 5.56 Å². The first-order chi connectivity index (χ1) is 8.13. The van der Waals surface area contributed by atoms with Gasteiger partial charge in [0.05, 0.1) is 5.56 Å². The number of phenolic OH excluding ortho intramolecular Hbond substituents is 2. The highest BCUT2D eigenvalue weighted by atomic mass is 16.3. The van der Waals surface area contributed by atoms with Crippen LogP contribution in [0.3, 0.4) is 0 Å². The second-order valence-electron chi connectivity index (χ2n) is 3.88. The molecule has 0 fully saturated rings. The average Bonchev–Trinajstić information content (AvgIpc) is 2.32. The Morgan fingerprint density at radius 2 is 1.76 bits per heavy atom. The minimum atomic E-state index is -0.0848. The summed E-state index contributed by atoms with van der Waals surface area (Å²) in [7, 11) is 0. The predicted molar refractivity (Wildman–Crippen MR) is 65.3 cm³/mol. The second-order valence-corrected chi connectivity index (χ2v) is 3.88. The number of rotatable bonds is 2. The molecule has 0 aliphatic rings. The molecule has 0 radical (unpaired) electrons. The molecule has 0 aliphatic carbocycles. The molecule has 0 aromatic heterocycles. The molecule has 0 heterocycles. The Bertz CT molecular complexity index is 574. The van der Waals surface area contributed by atoms with Gasteiger partial charge in [0.2, 0.25) is 0 Å². The van der Waals surface area contributed by atoms with Gasteiger partial charge in [0.1, 0.15) is 11.5 Å². The van der Waals surface area contributed by atoms with E-state index in [-0.39, 0.29) is 17.1 Å². The van der Waals surface area contributed by atoms with Crippen LogP contribution in [0.1, 0.15) is 15.9 Å². The molecule has 0 unspecified atom stereocenters. The van der Waals surface area contributed by atoms with E-state index in [1.165, 1.54) is 6.07 Å². The molecule has 17 heavy (non-hydrogen) atoms. The summed E-state index contributed by atoms with van der Waals surface area (Å²) in [5.41, 5.74) is 2.23. The van der Waals surface area contributed by atoms with Crippen LogP contribution in [0, 0.1) is 6.92 Å². The van der Waals surface area contributed by atoms with Crippen molar-refractivity contribution in [3.8, 4) is 22.6 Å². The lowest BCUT2D eigenvalue weighted by Crippen LogP contribution is -1.89. The van der Waals surface area contributed by atoms with Crippen LogP contribution in [-0.2, 0) is 0 Å². The lowest BCUT2D eigenvalue weighted by Gasteiger charge is -2.09. The summed E-state index contributed by atoms with van der Waals surface area (Å²) in [5.74, 6) is 0.00251. The van der Waals surface area contributed by atoms with Crippen LogP contribution in [0.15, 0.2) is 36.4 Å². The first-order valence-electron chi connectivity index (χ1n) is 5.20. The summed E-state index contributed by atoms with van der Waals surface area (Å²) in [6.45, 7) is 1.90. The van der Waals surface area contributed by atoms with Crippen LogP contribution in [-0.4, -0.2) is 16.5 Å². The fourth-order valence-electron chi connectivity index (χ4n) is 1.78. The summed E-state index contributed by atoms with van der Waals surface area (Å²) in [4.78, 5) is 11.0. The van der Waals surface area contributed by atoms with Crippen LogP contribution in [0.5, 0.6) is 11.5 Å². The van der Waals surface area contributed by atoms with Gasteiger partial charge in [-0.1, -0.05) is 23.8 Å². The van der Waals surface area contributed by atoms with Gasteiger partial charge in [-0.15, -0.1) is 0 Å². The van der Waals surface area contributed by atoms with E-state index in [1.54, 1.807) is 30.3 Å². The maximum Gasteiger partial charge on any atom is 0.154 e. The van der Waals surface area contributed by atoms with Crippen molar-refractivity contribution >= 4 is 6.29 Å². The zero-order valence-electron chi connectivity index (χ0n) is 9.34. The number of hydrogen-bond donors (Lipinski definition) is 2. The van der Waals surface area contributed by atoms with E-state index in [0.29, 0.717) is 17.4 Å². The molecule has 0 bridgehead atoms. The lowest BCUT2D eigenvalue weighted by atomic mass is 9.97. The van der Waals surface area contributed by atoms with Crippen LogP contribution in [0.25, 0.3) is 11.1 Å². The number of hydrogen-bond acceptors (Lipinski definition) is 3. The highest BCUT2D eigenvalue weighted by molar-refractivity contribution is 5.92. The van der Waals surface area contributed by atoms with Gasteiger partial charge in [0.25, 0.3) is 0 Å². The maximum absolute atomic E-state index is 11.0. The van der Waals surface area contributed by atoms with E-state index in [4.69, 9.17) is 0 Å². The third-order valence-electron chi connectivity index (χ3n) is 2.64. The first-order valence-corrected chi connectivity index (χ1v) is 5.20. The molecule has 3 nitrogen and oxygen atoms in total. The summed E-state index contributed by atoms with van der Waals surface area (Å²) in [6.07, 6.45) is 0.590. The third-order valence-corrected chi connectivity index (χ3v) is 2.64. The van der Waals surface area contributed by atoms with Crippen molar-refractivity contribution in [2.24, 2.45) is 0 Å². The summed E-state index contributed by atoms with van der Waals surface area (Å²) in [5, 5.41) is 19.4. The van der Waals surface area contributed by atoms with Crippen LogP contribution >= 0.6 is 0 Å². The van der Waals surface area contributed by atoms with E-state index < -0.39 is 0 Å². The standard InChI is InChI=1S/C14H12O3/c1-9-5-6-14(17)11(7-9)10-3-2-4-13(16)12(10)8-15/h2-8,16-17H,1H3.